The molecular weight excluding hydrogens is 354 g/mol. The zero-order chi connectivity index (χ0) is 19.5. The standard InChI is InChI=1S/C21H23N5O2/c1-13(2)11-19(20-23-25-26-24-20)22-21(27)28-12-18-16-9-5-3-7-14(16)15-8-4-6-10-17(15)18/h3-10,13,18-19H,11-12H2,1-2H3,(H,22,27)(H,23,24,25,26)/t19-/m0/s1. The third kappa shape index (κ3) is 3.60. The molecular formula is C21H23N5O2. The minimum absolute atomic E-state index is 0.0341. The molecule has 0 saturated carbocycles. The molecule has 0 aliphatic heterocycles. The normalized spacial score (nSPS) is 13.8. The molecule has 1 heterocycles. The van der Waals surface area contributed by atoms with Crippen LogP contribution < -0.4 is 5.32 Å². The highest BCUT2D eigenvalue weighted by Crippen LogP contribution is 2.44. The molecule has 2 N–H and O–H groups in total. The van der Waals surface area contributed by atoms with Crippen molar-refractivity contribution in [2.75, 3.05) is 6.61 Å². The Morgan fingerprint density at radius 3 is 2.32 bits per heavy atom. The number of benzene rings is 2. The Balaban J connectivity index is 1.46. The number of ether oxygens (including phenoxy) is 1. The smallest absolute Gasteiger partial charge is 0.407 e. The van der Waals surface area contributed by atoms with Crippen LogP contribution in [0.25, 0.3) is 11.1 Å². The molecule has 144 valence electrons. The molecule has 0 saturated heterocycles. The van der Waals surface area contributed by atoms with Gasteiger partial charge in [0.25, 0.3) is 0 Å². The minimum atomic E-state index is -0.475. The lowest BCUT2D eigenvalue weighted by atomic mass is 9.98. The van der Waals surface area contributed by atoms with Crippen molar-refractivity contribution in [2.24, 2.45) is 5.92 Å². The molecule has 0 fully saturated rings. The lowest BCUT2D eigenvalue weighted by Crippen LogP contribution is -2.31. The van der Waals surface area contributed by atoms with Crippen molar-refractivity contribution in [3.63, 3.8) is 0 Å². The maximum atomic E-state index is 12.5. The number of alkyl carbamates (subject to hydrolysis) is 1. The molecule has 1 aromatic heterocycles. The van der Waals surface area contributed by atoms with Gasteiger partial charge in [-0.2, -0.15) is 5.21 Å². The molecule has 1 aliphatic rings. The van der Waals surface area contributed by atoms with E-state index in [0.29, 0.717) is 18.2 Å². The van der Waals surface area contributed by atoms with Gasteiger partial charge in [-0.25, -0.2) is 4.79 Å². The molecule has 7 nitrogen and oxygen atoms in total. The van der Waals surface area contributed by atoms with Gasteiger partial charge >= 0.3 is 6.09 Å². The molecule has 3 aromatic rings. The summed E-state index contributed by atoms with van der Waals surface area (Å²) in [6.45, 7) is 4.43. The van der Waals surface area contributed by atoms with Gasteiger partial charge in [-0.1, -0.05) is 67.6 Å². The van der Waals surface area contributed by atoms with Crippen LogP contribution in [-0.2, 0) is 4.74 Å². The summed E-state index contributed by atoms with van der Waals surface area (Å²) < 4.78 is 5.61. The van der Waals surface area contributed by atoms with E-state index in [1.54, 1.807) is 0 Å². The lowest BCUT2D eigenvalue weighted by molar-refractivity contribution is 0.137. The largest absolute Gasteiger partial charge is 0.449 e. The monoisotopic (exact) mass is 377 g/mol. The topological polar surface area (TPSA) is 92.8 Å². The van der Waals surface area contributed by atoms with Crippen LogP contribution in [0.15, 0.2) is 48.5 Å². The summed E-state index contributed by atoms with van der Waals surface area (Å²) in [7, 11) is 0. The van der Waals surface area contributed by atoms with Crippen molar-refractivity contribution in [1.82, 2.24) is 25.9 Å². The number of fused-ring (bicyclic) bond motifs is 3. The molecule has 28 heavy (non-hydrogen) atoms. The number of hydrogen-bond acceptors (Lipinski definition) is 5. The highest BCUT2D eigenvalue weighted by Gasteiger charge is 2.29. The molecule has 0 radical (unpaired) electrons. The van der Waals surface area contributed by atoms with E-state index in [-0.39, 0.29) is 18.6 Å². The third-order valence-electron chi connectivity index (χ3n) is 5.02. The number of H-pyrrole nitrogens is 1. The van der Waals surface area contributed by atoms with Gasteiger partial charge in [0, 0.05) is 5.92 Å². The van der Waals surface area contributed by atoms with Crippen molar-refractivity contribution in [3.05, 3.63) is 65.5 Å². The molecule has 2 aromatic carbocycles. The average Bonchev–Trinajstić information content (AvgIpc) is 3.32. The lowest BCUT2D eigenvalue weighted by Gasteiger charge is -2.19. The van der Waals surface area contributed by atoms with Crippen LogP contribution >= 0.6 is 0 Å². The van der Waals surface area contributed by atoms with Crippen molar-refractivity contribution in [3.8, 4) is 11.1 Å². The number of aromatic amines is 1. The summed E-state index contributed by atoms with van der Waals surface area (Å²) in [5.74, 6) is 0.853. The van der Waals surface area contributed by atoms with Crippen LogP contribution in [0.2, 0.25) is 0 Å². The van der Waals surface area contributed by atoms with Crippen molar-refractivity contribution in [2.45, 2.75) is 32.2 Å². The first-order valence-corrected chi connectivity index (χ1v) is 9.48. The van der Waals surface area contributed by atoms with Gasteiger partial charge in [0.05, 0.1) is 6.04 Å². The van der Waals surface area contributed by atoms with E-state index in [1.165, 1.54) is 22.3 Å². The summed E-state index contributed by atoms with van der Waals surface area (Å²) in [5.41, 5.74) is 4.79. The fourth-order valence-corrected chi connectivity index (χ4v) is 3.80. The van der Waals surface area contributed by atoms with Gasteiger partial charge in [-0.3, -0.25) is 0 Å². The number of carbonyl (C=O) groups is 1. The van der Waals surface area contributed by atoms with Crippen molar-refractivity contribution < 1.29 is 9.53 Å². The van der Waals surface area contributed by atoms with E-state index in [1.807, 2.05) is 24.3 Å². The van der Waals surface area contributed by atoms with E-state index in [4.69, 9.17) is 4.74 Å². The van der Waals surface area contributed by atoms with E-state index in [9.17, 15) is 4.79 Å². The Morgan fingerprint density at radius 1 is 1.11 bits per heavy atom. The van der Waals surface area contributed by atoms with E-state index in [2.05, 4.69) is 64.1 Å². The number of aromatic nitrogens is 4. The van der Waals surface area contributed by atoms with Crippen LogP contribution in [0, 0.1) is 5.92 Å². The molecule has 0 bridgehead atoms. The first-order valence-electron chi connectivity index (χ1n) is 9.48. The van der Waals surface area contributed by atoms with Crippen LogP contribution in [0.1, 0.15) is 49.2 Å². The van der Waals surface area contributed by atoms with Crippen LogP contribution in [0.5, 0.6) is 0 Å². The van der Waals surface area contributed by atoms with Crippen LogP contribution in [0.4, 0.5) is 4.79 Å². The second-order valence-corrected chi connectivity index (χ2v) is 7.42. The van der Waals surface area contributed by atoms with E-state index in [0.717, 1.165) is 0 Å². The highest BCUT2D eigenvalue weighted by molar-refractivity contribution is 5.79. The fourth-order valence-electron chi connectivity index (χ4n) is 3.80. The Morgan fingerprint density at radius 2 is 1.75 bits per heavy atom. The van der Waals surface area contributed by atoms with Gasteiger partial charge in [0.1, 0.15) is 6.61 Å². The van der Waals surface area contributed by atoms with Gasteiger partial charge in [-0.05, 0) is 34.6 Å². The first-order chi connectivity index (χ1) is 13.6. The number of nitrogens with one attached hydrogen (secondary N) is 2. The molecule has 0 unspecified atom stereocenters. The molecule has 1 atom stereocenters. The summed E-state index contributed by atoms with van der Waals surface area (Å²) in [6, 6.07) is 16.2. The zero-order valence-electron chi connectivity index (χ0n) is 15.9. The molecule has 4 rings (SSSR count). The Hall–Kier alpha value is -3.22. The SMILES string of the molecule is CC(C)C[C@H](NC(=O)OCC1c2ccccc2-c2ccccc21)c1nn[nH]n1. The molecule has 0 spiro atoms. The summed E-state index contributed by atoms with van der Waals surface area (Å²) in [5, 5.41) is 16.9. The second-order valence-electron chi connectivity index (χ2n) is 7.42. The maximum absolute atomic E-state index is 12.5. The maximum Gasteiger partial charge on any atom is 0.407 e. The molecule has 1 amide bonds. The minimum Gasteiger partial charge on any atom is -0.449 e. The number of tetrazole rings is 1. The number of hydrogen-bond donors (Lipinski definition) is 2. The fraction of sp³-hybridized carbons (Fsp3) is 0.333. The van der Waals surface area contributed by atoms with Gasteiger partial charge in [-0.15, -0.1) is 10.2 Å². The van der Waals surface area contributed by atoms with Gasteiger partial charge in [0.15, 0.2) is 5.82 Å². The summed E-state index contributed by atoms with van der Waals surface area (Å²) in [4.78, 5) is 12.5. The second kappa shape index (κ2) is 7.80. The number of rotatable bonds is 6. The Labute approximate surface area is 163 Å². The number of nitrogens with zero attached hydrogens (tertiary/aromatic N) is 3. The van der Waals surface area contributed by atoms with Gasteiger partial charge in [0.2, 0.25) is 0 Å². The molecule has 1 aliphatic carbocycles. The van der Waals surface area contributed by atoms with Crippen molar-refractivity contribution >= 4 is 6.09 Å². The highest BCUT2D eigenvalue weighted by atomic mass is 16.5. The first kappa shape index (κ1) is 18.2. The van der Waals surface area contributed by atoms with E-state index >= 15 is 0 Å². The predicted molar refractivity (Wildman–Crippen MR) is 105 cm³/mol. The summed E-state index contributed by atoms with van der Waals surface area (Å²) in [6.07, 6.45) is 0.223. The Kier molecular flexibility index (Phi) is 5.06. The van der Waals surface area contributed by atoms with Crippen LogP contribution in [-0.4, -0.2) is 33.3 Å². The quantitative estimate of drug-likeness (QED) is 0.681. The molecule has 7 heteroatoms. The zero-order valence-corrected chi connectivity index (χ0v) is 15.9. The average molecular weight is 377 g/mol. The van der Waals surface area contributed by atoms with Crippen LogP contribution in [0.3, 0.4) is 0 Å². The number of amides is 1. The third-order valence-corrected chi connectivity index (χ3v) is 5.02. The predicted octanol–water partition coefficient (Wildman–Crippen LogP) is 3.83. The Bertz CT molecular complexity index is 909. The number of carbonyl (C=O) groups excluding carboxylic acids is 1. The van der Waals surface area contributed by atoms with Crippen molar-refractivity contribution in [1.29, 1.82) is 0 Å². The van der Waals surface area contributed by atoms with Gasteiger partial charge < -0.3 is 10.1 Å². The van der Waals surface area contributed by atoms with E-state index < -0.39 is 6.09 Å². The summed E-state index contributed by atoms with van der Waals surface area (Å²) >= 11 is 0.